The topological polar surface area (TPSA) is 78.9 Å². The Morgan fingerprint density at radius 1 is 0.273 bits per heavy atom. The van der Waals surface area contributed by atoms with Gasteiger partial charge in [0.05, 0.1) is 0 Å². The van der Waals surface area contributed by atoms with Gasteiger partial charge in [0.1, 0.15) is 13.2 Å². The van der Waals surface area contributed by atoms with Crippen LogP contribution in [0.1, 0.15) is 303 Å². The second-order valence-electron chi connectivity index (χ2n) is 21.3. The lowest BCUT2D eigenvalue weighted by molar-refractivity contribution is -0.167. The van der Waals surface area contributed by atoms with Crippen molar-refractivity contribution in [1.29, 1.82) is 0 Å². The molecule has 0 aromatic rings. The first-order valence-electron chi connectivity index (χ1n) is 32.4. The third kappa shape index (κ3) is 62.8. The van der Waals surface area contributed by atoms with Crippen molar-refractivity contribution in [3.63, 3.8) is 0 Å². The van der Waals surface area contributed by atoms with Gasteiger partial charge in [0.15, 0.2) is 6.10 Å². The van der Waals surface area contributed by atoms with E-state index in [2.05, 4.69) is 130 Å². The van der Waals surface area contributed by atoms with Crippen LogP contribution in [0.3, 0.4) is 0 Å². The monoisotopic (exact) mass is 1070 g/mol. The van der Waals surface area contributed by atoms with Crippen LogP contribution in [-0.4, -0.2) is 37.2 Å². The minimum Gasteiger partial charge on any atom is -0.462 e. The van der Waals surface area contributed by atoms with Crippen LogP contribution in [-0.2, 0) is 28.6 Å². The van der Waals surface area contributed by atoms with Gasteiger partial charge in [0.25, 0.3) is 0 Å². The lowest BCUT2D eigenvalue weighted by Gasteiger charge is -2.18. The second kappa shape index (κ2) is 64.6. The largest absolute Gasteiger partial charge is 0.462 e. The minimum atomic E-state index is -0.785. The van der Waals surface area contributed by atoms with Gasteiger partial charge >= 0.3 is 17.9 Å². The summed E-state index contributed by atoms with van der Waals surface area (Å²) in [6.45, 7) is 6.50. The molecule has 0 fully saturated rings. The van der Waals surface area contributed by atoms with E-state index >= 15 is 0 Å². The summed E-state index contributed by atoms with van der Waals surface area (Å²) in [5.74, 6) is -0.893. The first-order valence-corrected chi connectivity index (χ1v) is 32.4. The molecule has 1 unspecified atom stereocenters. The maximum atomic E-state index is 12.9. The molecule has 0 aromatic heterocycles. The molecule has 0 aliphatic heterocycles. The fourth-order valence-corrected chi connectivity index (χ4v) is 8.92. The van der Waals surface area contributed by atoms with Gasteiger partial charge in [-0.1, -0.05) is 284 Å². The molecule has 0 aliphatic carbocycles. The molecule has 77 heavy (non-hydrogen) atoms. The Hall–Kier alpha value is -3.93. The summed E-state index contributed by atoms with van der Waals surface area (Å²) in [5.41, 5.74) is 0. The normalized spacial score (nSPS) is 12.8. The minimum absolute atomic E-state index is 0.0818. The molecule has 0 saturated heterocycles. The molecule has 1 atom stereocenters. The first-order chi connectivity index (χ1) is 38.0. The van der Waals surface area contributed by atoms with Crippen molar-refractivity contribution in [1.82, 2.24) is 0 Å². The first kappa shape index (κ1) is 73.1. The van der Waals surface area contributed by atoms with Gasteiger partial charge in [-0.3, -0.25) is 14.4 Å². The molecule has 0 aliphatic rings. The van der Waals surface area contributed by atoms with Crippen LogP contribution >= 0.6 is 0 Å². The zero-order chi connectivity index (χ0) is 55.7. The van der Waals surface area contributed by atoms with Gasteiger partial charge in [-0.15, -0.1) is 0 Å². The fraction of sp³-hybridized carbons (Fsp3) is 0.704. The number of hydrogen-bond donors (Lipinski definition) is 0. The van der Waals surface area contributed by atoms with E-state index in [1.54, 1.807) is 0 Å². The van der Waals surface area contributed by atoms with Gasteiger partial charge in [-0.2, -0.15) is 0 Å². The van der Waals surface area contributed by atoms with Crippen molar-refractivity contribution in [2.75, 3.05) is 13.2 Å². The molecular weight excluding hydrogens is 949 g/mol. The van der Waals surface area contributed by atoms with Crippen molar-refractivity contribution >= 4 is 17.9 Å². The molecule has 0 radical (unpaired) electrons. The molecule has 0 amide bonds. The quantitative estimate of drug-likeness (QED) is 0.0261. The SMILES string of the molecule is CC/C=C\C/C=C\C/C=C\C/C=C\C/C=C\C/C=C\C/C=C\CCCCCCCCCCCCCC(=O)OCC(COC(=O)CCCCCCCCCCCC)OC(=O)CCCCCCC/C=C\C/C=C\CCCCCC. The van der Waals surface area contributed by atoms with Crippen molar-refractivity contribution in [3.8, 4) is 0 Å². The molecule has 440 valence electrons. The van der Waals surface area contributed by atoms with Crippen molar-refractivity contribution in [2.24, 2.45) is 0 Å². The van der Waals surface area contributed by atoms with E-state index in [0.29, 0.717) is 19.3 Å². The highest BCUT2D eigenvalue weighted by Gasteiger charge is 2.19. The van der Waals surface area contributed by atoms with Crippen LogP contribution in [0.25, 0.3) is 0 Å². The van der Waals surface area contributed by atoms with Gasteiger partial charge in [0.2, 0.25) is 0 Å². The van der Waals surface area contributed by atoms with E-state index in [-0.39, 0.29) is 31.1 Å². The van der Waals surface area contributed by atoms with E-state index in [1.807, 2.05) is 0 Å². The Morgan fingerprint density at radius 2 is 0.506 bits per heavy atom. The molecule has 0 rings (SSSR count). The Kier molecular flexibility index (Phi) is 61.3. The summed E-state index contributed by atoms with van der Waals surface area (Å²) >= 11 is 0. The summed E-state index contributed by atoms with van der Waals surface area (Å²) in [7, 11) is 0. The van der Waals surface area contributed by atoms with Crippen LogP contribution in [0.4, 0.5) is 0 Å². The maximum absolute atomic E-state index is 12.9. The number of ether oxygens (including phenoxy) is 3. The average Bonchev–Trinajstić information content (AvgIpc) is 3.43. The van der Waals surface area contributed by atoms with Crippen molar-refractivity contribution in [3.05, 3.63) is 109 Å². The molecule has 6 nitrogen and oxygen atoms in total. The van der Waals surface area contributed by atoms with E-state index < -0.39 is 6.10 Å². The van der Waals surface area contributed by atoms with Crippen molar-refractivity contribution in [2.45, 2.75) is 309 Å². The lowest BCUT2D eigenvalue weighted by atomic mass is 10.0. The Balaban J connectivity index is 4.19. The number of esters is 3. The Morgan fingerprint density at radius 3 is 0.805 bits per heavy atom. The maximum Gasteiger partial charge on any atom is 0.306 e. The third-order valence-corrected chi connectivity index (χ3v) is 13.8. The van der Waals surface area contributed by atoms with Crippen molar-refractivity contribution < 1.29 is 28.6 Å². The van der Waals surface area contributed by atoms with Gasteiger partial charge in [-0.05, 0) is 109 Å². The highest BCUT2D eigenvalue weighted by atomic mass is 16.6. The number of hydrogen-bond acceptors (Lipinski definition) is 6. The summed E-state index contributed by atoms with van der Waals surface area (Å²) in [6.07, 6.45) is 88.2. The zero-order valence-corrected chi connectivity index (χ0v) is 50.4. The van der Waals surface area contributed by atoms with E-state index in [0.717, 1.165) is 128 Å². The number of rotatable bonds is 58. The summed E-state index contributed by atoms with van der Waals surface area (Å²) in [5, 5.41) is 0. The third-order valence-electron chi connectivity index (χ3n) is 13.8. The number of carbonyl (C=O) groups is 3. The second-order valence-corrected chi connectivity index (χ2v) is 21.3. The molecule has 0 saturated carbocycles. The number of allylic oxidation sites excluding steroid dienone is 18. The van der Waals surface area contributed by atoms with Gasteiger partial charge in [0, 0.05) is 19.3 Å². The zero-order valence-electron chi connectivity index (χ0n) is 50.4. The molecule has 0 bridgehead atoms. The van der Waals surface area contributed by atoms with Gasteiger partial charge in [-0.25, -0.2) is 0 Å². The predicted molar refractivity (Wildman–Crippen MR) is 334 cm³/mol. The highest BCUT2D eigenvalue weighted by molar-refractivity contribution is 5.71. The van der Waals surface area contributed by atoms with E-state index in [9.17, 15) is 14.4 Å². The van der Waals surface area contributed by atoms with Gasteiger partial charge < -0.3 is 14.2 Å². The highest BCUT2D eigenvalue weighted by Crippen LogP contribution is 2.16. The molecule has 0 spiro atoms. The Labute approximate surface area is 476 Å². The summed E-state index contributed by atoms with van der Waals surface area (Å²) < 4.78 is 16.9. The molecule has 0 N–H and O–H groups in total. The number of carbonyl (C=O) groups excluding carboxylic acids is 3. The summed E-state index contributed by atoms with van der Waals surface area (Å²) in [4.78, 5) is 38.2. The molecule has 0 aromatic carbocycles. The predicted octanol–water partition coefficient (Wildman–Crippen LogP) is 22.2. The summed E-state index contributed by atoms with van der Waals surface area (Å²) in [6, 6.07) is 0. The smallest absolute Gasteiger partial charge is 0.306 e. The fourth-order valence-electron chi connectivity index (χ4n) is 8.92. The molecular formula is C71H120O6. The standard InChI is InChI=1S/C71H120O6/c1-4-7-10-13-16-19-22-24-26-28-29-30-31-32-33-34-35-36-37-38-39-40-41-42-43-44-46-47-49-52-55-58-61-64-70(73)76-67-68(66-75-69(72)63-60-57-54-51-21-18-15-12-9-6-3)77-71(74)65-62-59-56-53-50-48-45-27-25-23-20-17-14-11-8-5-2/h7,10,16,19-20,23-24,26-27,29-30,32-33,35-36,38-39,45,68H,4-6,8-9,11-15,17-18,21-22,25,28,31,34,37,40-44,46-67H2,1-3H3/b10-7-,19-16-,23-20-,26-24-,30-29-,33-32-,36-35-,39-38-,45-27-. The molecule has 0 heterocycles. The van der Waals surface area contributed by atoms with Crippen LogP contribution in [0, 0.1) is 0 Å². The van der Waals surface area contributed by atoms with Crippen LogP contribution in [0.2, 0.25) is 0 Å². The lowest BCUT2D eigenvalue weighted by Crippen LogP contribution is -2.30. The van der Waals surface area contributed by atoms with E-state index in [4.69, 9.17) is 14.2 Å². The van der Waals surface area contributed by atoms with Crippen LogP contribution in [0.15, 0.2) is 109 Å². The van der Waals surface area contributed by atoms with Crippen LogP contribution in [0.5, 0.6) is 0 Å². The molecule has 6 heteroatoms. The van der Waals surface area contributed by atoms with Crippen LogP contribution < -0.4 is 0 Å². The Bertz CT molecular complexity index is 1560. The average molecular weight is 1070 g/mol. The van der Waals surface area contributed by atoms with E-state index in [1.165, 1.54) is 135 Å². The number of unbranched alkanes of at least 4 members (excludes halogenated alkanes) is 29.